The molecule has 1 aromatic heterocycles. The van der Waals surface area contributed by atoms with Gasteiger partial charge in [0.1, 0.15) is 0 Å². The highest BCUT2D eigenvalue weighted by Crippen LogP contribution is 2.35. The van der Waals surface area contributed by atoms with Crippen LogP contribution < -0.4 is 0 Å². The number of imide groups is 1. The van der Waals surface area contributed by atoms with Crippen LogP contribution in [0.2, 0.25) is 0 Å². The van der Waals surface area contributed by atoms with Gasteiger partial charge < -0.3 is 4.57 Å². The molecule has 2 amide bonds. The molecule has 0 aliphatic carbocycles. The van der Waals surface area contributed by atoms with E-state index in [1.807, 2.05) is 42.5 Å². The molecule has 1 aliphatic rings. The lowest BCUT2D eigenvalue weighted by molar-refractivity contribution is -0.123. The molecule has 28 heavy (non-hydrogen) atoms. The molecule has 2 aromatic carbocycles. The minimum absolute atomic E-state index is 0.232. The molecule has 142 valence electrons. The quantitative estimate of drug-likeness (QED) is 0.440. The van der Waals surface area contributed by atoms with Crippen LogP contribution in [0, 0.1) is 0 Å². The molecule has 2 heterocycles. The van der Waals surface area contributed by atoms with Crippen molar-refractivity contribution in [3.8, 4) is 0 Å². The van der Waals surface area contributed by atoms with E-state index in [2.05, 4.69) is 45.8 Å². The number of carbonyl (C=O) groups excluding carboxylic acids is 2. The molecule has 4 rings (SSSR count). The Labute approximate surface area is 176 Å². The van der Waals surface area contributed by atoms with Crippen molar-refractivity contribution < 1.29 is 9.59 Å². The number of aromatic nitrogens is 1. The Kier molecular flexibility index (Phi) is 5.42. The average Bonchev–Trinajstić information content (AvgIpc) is 3.16. The number of para-hydroxylation sites is 1. The molecular formula is C22H19BrN2O2S. The van der Waals surface area contributed by atoms with Gasteiger partial charge in [-0.15, -0.1) is 0 Å². The summed E-state index contributed by atoms with van der Waals surface area (Å²) in [6.07, 6.45) is 4.94. The van der Waals surface area contributed by atoms with E-state index in [1.54, 1.807) is 0 Å². The van der Waals surface area contributed by atoms with Gasteiger partial charge >= 0.3 is 0 Å². The summed E-state index contributed by atoms with van der Waals surface area (Å²) < 4.78 is 3.09. The Hall–Kier alpha value is -2.31. The molecule has 6 heteroatoms. The highest BCUT2D eigenvalue weighted by Gasteiger charge is 2.35. The van der Waals surface area contributed by atoms with E-state index >= 15 is 0 Å². The van der Waals surface area contributed by atoms with E-state index in [1.165, 1.54) is 4.90 Å². The SMILES string of the molecule is CCCn1cc(/C=C2\SC(=O)N(Cc3ccccc3Br)C2=O)c2ccccc21. The first-order chi connectivity index (χ1) is 13.6. The van der Waals surface area contributed by atoms with Crippen molar-refractivity contribution in [2.45, 2.75) is 26.4 Å². The zero-order valence-corrected chi connectivity index (χ0v) is 17.8. The lowest BCUT2D eigenvalue weighted by Crippen LogP contribution is -2.27. The fourth-order valence-corrected chi connectivity index (χ4v) is 4.63. The predicted molar refractivity (Wildman–Crippen MR) is 118 cm³/mol. The summed E-state index contributed by atoms with van der Waals surface area (Å²) in [5, 5.41) is 0.859. The van der Waals surface area contributed by atoms with Crippen LogP contribution in [0.25, 0.3) is 17.0 Å². The number of carbonyl (C=O) groups is 2. The second-order valence-corrected chi connectivity index (χ2v) is 8.50. The molecule has 1 aliphatic heterocycles. The standard InChI is InChI=1S/C22H19BrN2O2S/c1-2-11-24-13-16(17-8-4-6-10-19(17)24)12-20-21(26)25(22(27)28-20)14-15-7-3-5-9-18(15)23/h3-10,12-13H,2,11,14H2,1H3/b20-12-. The van der Waals surface area contributed by atoms with E-state index in [4.69, 9.17) is 0 Å². The van der Waals surface area contributed by atoms with Crippen molar-refractivity contribution in [3.63, 3.8) is 0 Å². The van der Waals surface area contributed by atoms with E-state index < -0.39 is 0 Å². The molecule has 1 fully saturated rings. The van der Waals surface area contributed by atoms with E-state index in [0.717, 1.165) is 51.2 Å². The Balaban J connectivity index is 1.66. The smallest absolute Gasteiger partial charge is 0.293 e. The minimum atomic E-state index is -0.238. The fraction of sp³-hybridized carbons (Fsp3) is 0.182. The Morgan fingerprint density at radius 3 is 2.61 bits per heavy atom. The topological polar surface area (TPSA) is 42.3 Å². The number of benzene rings is 2. The van der Waals surface area contributed by atoms with Crippen LogP contribution in [-0.4, -0.2) is 20.6 Å². The number of thioether (sulfide) groups is 1. The summed E-state index contributed by atoms with van der Waals surface area (Å²) in [6, 6.07) is 15.8. The maximum Gasteiger partial charge on any atom is 0.293 e. The number of nitrogens with zero attached hydrogens (tertiary/aromatic N) is 2. The van der Waals surface area contributed by atoms with Gasteiger partial charge in [-0.2, -0.15) is 0 Å². The van der Waals surface area contributed by atoms with Gasteiger partial charge in [-0.25, -0.2) is 0 Å². The maximum absolute atomic E-state index is 12.9. The van der Waals surface area contributed by atoms with Crippen LogP contribution in [0.3, 0.4) is 0 Å². The van der Waals surface area contributed by atoms with Crippen molar-refractivity contribution >= 4 is 55.8 Å². The molecule has 0 N–H and O–H groups in total. The largest absolute Gasteiger partial charge is 0.347 e. The Bertz CT molecular complexity index is 1100. The summed E-state index contributed by atoms with van der Waals surface area (Å²) in [5.74, 6) is -0.238. The maximum atomic E-state index is 12.9. The van der Waals surface area contributed by atoms with Crippen molar-refractivity contribution in [3.05, 3.63) is 75.2 Å². The second kappa shape index (κ2) is 7.97. The van der Waals surface area contributed by atoms with Crippen molar-refractivity contribution in [2.24, 2.45) is 0 Å². The van der Waals surface area contributed by atoms with Crippen LogP contribution >= 0.6 is 27.7 Å². The van der Waals surface area contributed by atoms with Crippen LogP contribution in [0.5, 0.6) is 0 Å². The number of aryl methyl sites for hydroxylation is 1. The molecule has 3 aromatic rings. The van der Waals surface area contributed by atoms with Crippen molar-refractivity contribution in [2.75, 3.05) is 0 Å². The third-order valence-corrected chi connectivity index (χ3v) is 6.41. The van der Waals surface area contributed by atoms with Gasteiger partial charge in [0, 0.05) is 33.7 Å². The van der Waals surface area contributed by atoms with Crippen molar-refractivity contribution in [1.82, 2.24) is 9.47 Å². The zero-order chi connectivity index (χ0) is 19.7. The average molecular weight is 455 g/mol. The van der Waals surface area contributed by atoms with E-state index in [0.29, 0.717) is 4.91 Å². The third-order valence-electron chi connectivity index (χ3n) is 4.73. The fourth-order valence-electron chi connectivity index (χ4n) is 3.39. The molecule has 4 nitrogen and oxygen atoms in total. The minimum Gasteiger partial charge on any atom is -0.347 e. The molecule has 1 saturated heterocycles. The summed E-state index contributed by atoms with van der Waals surface area (Å²) in [5.41, 5.74) is 3.02. The number of fused-ring (bicyclic) bond motifs is 1. The third kappa shape index (κ3) is 3.54. The highest BCUT2D eigenvalue weighted by atomic mass is 79.9. The van der Waals surface area contributed by atoms with Crippen molar-refractivity contribution in [1.29, 1.82) is 0 Å². The Morgan fingerprint density at radius 2 is 1.82 bits per heavy atom. The predicted octanol–water partition coefficient (Wildman–Crippen LogP) is 6.05. The Morgan fingerprint density at radius 1 is 1.07 bits per heavy atom. The van der Waals surface area contributed by atoms with E-state index in [-0.39, 0.29) is 17.7 Å². The van der Waals surface area contributed by atoms with Gasteiger partial charge in [0.05, 0.1) is 11.4 Å². The molecule has 0 bridgehead atoms. The van der Waals surface area contributed by atoms with Gasteiger partial charge in [0.15, 0.2) is 0 Å². The highest BCUT2D eigenvalue weighted by molar-refractivity contribution is 9.10. The summed E-state index contributed by atoms with van der Waals surface area (Å²) in [7, 11) is 0. The lowest BCUT2D eigenvalue weighted by Gasteiger charge is -2.13. The molecule has 0 radical (unpaired) electrons. The van der Waals surface area contributed by atoms with Gasteiger partial charge in [-0.3, -0.25) is 14.5 Å². The van der Waals surface area contributed by atoms with Gasteiger partial charge in [-0.1, -0.05) is 59.3 Å². The van der Waals surface area contributed by atoms with Crippen LogP contribution in [0.1, 0.15) is 24.5 Å². The molecule has 0 unspecified atom stereocenters. The summed E-state index contributed by atoms with van der Waals surface area (Å²) in [4.78, 5) is 27.2. The number of halogens is 1. The number of hydrogen-bond acceptors (Lipinski definition) is 3. The lowest BCUT2D eigenvalue weighted by atomic mass is 10.1. The molecular weight excluding hydrogens is 436 g/mol. The zero-order valence-electron chi connectivity index (χ0n) is 15.4. The summed E-state index contributed by atoms with van der Waals surface area (Å²) >= 11 is 4.49. The normalized spacial score (nSPS) is 15.9. The first-order valence-electron chi connectivity index (χ1n) is 9.15. The first kappa shape index (κ1) is 19.0. The van der Waals surface area contributed by atoms with Crippen LogP contribution in [0.15, 0.2) is 64.1 Å². The number of hydrogen-bond donors (Lipinski definition) is 0. The molecule has 0 atom stereocenters. The molecule has 0 spiro atoms. The summed E-state index contributed by atoms with van der Waals surface area (Å²) in [6.45, 7) is 3.32. The molecule has 0 saturated carbocycles. The monoisotopic (exact) mass is 454 g/mol. The van der Waals surface area contributed by atoms with Crippen LogP contribution in [0.4, 0.5) is 4.79 Å². The van der Waals surface area contributed by atoms with Gasteiger partial charge in [-0.05, 0) is 42.0 Å². The first-order valence-corrected chi connectivity index (χ1v) is 10.8. The van der Waals surface area contributed by atoms with Gasteiger partial charge in [0.2, 0.25) is 0 Å². The van der Waals surface area contributed by atoms with Gasteiger partial charge in [0.25, 0.3) is 11.1 Å². The van der Waals surface area contributed by atoms with Crippen LogP contribution in [-0.2, 0) is 17.9 Å². The number of rotatable bonds is 5. The van der Waals surface area contributed by atoms with E-state index in [9.17, 15) is 9.59 Å². The second-order valence-electron chi connectivity index (χ2n) is 6.65. The number of amides is 2.